The zero-order valence-corrected chi connectivity index (χ0v) is 10.4. The van der Waals surface area contributed by atoms with E-state index in [1.54, 1.807) is 6.26 Å². The second-order valence-electron chi connectivity index (χ2n) is 3.56. The van der Waals surface area contributed by atoms with Gasteiger partial charge in [0.25, 0.3) is 0 Å². The van der Waals surface area contributed by atoms with Crippen LogP contribution in [-0.4, -0.2) is 32.7 Å². The fraction of sp³-hybridized carbons (Fsp3) is 0.556. The van der Waals surface area contributed by atoms with Crippen molar-refractivity contribution < 1.29 is 17.4 Å². The molecule has 102 valence electrons. The van der Waals surface area contributed by atoms with Gasteiger partial charge in [-0.2, -0.15) is 13.2 Å². The van der Waals surface area contributed by atoms with E-state index in [0.29, 0.717) is 18.7 Å². The van der Waals surface area contributed by atoms with Gasteiger partial charge in [0.1, 0.15) is 11.6 Å². The van der Waals surface area contributed by atoms with Crippen molar-refractivity contribution in [3.05, 3.63) is 11.9 Å². The molecule has 0 fully saturated rings. The van der Waals surface area contributed by atoms with Crippen molar-refractivity contribution in [3.63, 3.8) is 0 Å². The van der Waals surface area contributed by atoms with Crippen molar-refractivity contribution in [1.29, 1.82) is 0 Å². The van der Waals surface area contributed by atoms with Gasteiger partial charge in [0.2, 0.25) is 5.82 Å². The van der Waals surface area contributed by atoms with E-state index in [-0.39, 0.29) is 11.6 Å². The van der Waals surface area contributed by atoms with Crippen molar-refractivity contribution >= 4 is 22.4 Å². The van der Waals surface area contributed by atoms with Crippen molar-refractivity contribution in [2.45, 2.75) is 12.6 Å². The Balaban J connectivity index is 2.66. The molecule has 5 nitrogen and oxygen atoms in total. The molecule has 9 heteroatoms. The highest BCUT2D eigenvalue weighted by molar-refractivity contribution is 7.84. The van der Waals surface area contributed by atoms with Gasteiger partial charge >= 0.3 is 6.18 Å². The highest BCUT2D eigenvalue weighted by Crippen LogP contribution is 2.27. The van der Waals surface area contributed by atoms with E-state index < -0.39 is 22.8 Å². The first-order valence-corrected chi connectivity index (χ1v) is 6.77. The van der Waals surface area contributed by atoms with Gasteiger partial charge in [-0.1, -0.05) is 0 Å². The molecule has 1 heterocycles. The molecule has 1 aromatic rings. The Morgan fingerprint density at radius 1 is 1.44 bits per heavy atom. The zero-order valence-electron chi connectivity index (χ0n) is 9.62. The van der Waals surface area contributed by atoms with Crippen LogP contribution in [0.2, 0.25) is 0 Å². The fourth-order valence-corrected chi connectivity index (χ4v) is 1.73. The molecule has 1 aromatic heterocycles. The minimum atomic E-state index is -4.63. The Morgan fingerprint density at radius 2 is 2.11 bits per heavy atom. The van der Waals surface area contributed by atoms with Crippen molar-refractivity contribution in [2.75, 3.05) is 29.6 Å². The van der Waals surface area contributed by atoms with Crippen LogP contribution in [0.1, 0.15) is 12.2 Å². The first-order valence-electron chi connectivity index (χ1n) is 5.04. The van der Waals surface area contributed by atoms with Gasteiger partial charge < -0.3 is 11.1 Å². The third-order valence-electron chi connectivity index (χ3n) is 1.91. The smallest absolute Gasteiger partial charge is 0.384 e. The van der Waals surface area contributed by atoms with Crippen LogP contribution in [0.15, 0.2) is 6.07 Å². The van der Waals surface area contributed by atoms with Gasteiger partial charge in [-0.15, -0.1) is 0 Å². The number of anilines is 2. The SMILES string of the molecule is CS(=O)CCCNc1cc(N)nc(C(F)(F)F)n1. The lowest BCUT2D eigenvalue weighted by atomic mass is 10.4. The van der Waals surface area contributed by atoms with E-state index in [1.165, 1.54) is 6.07 Å². The Bertz CT molecular complexity index is 438. The number of nitrogens with two attached hydrogens (primary N) is 1. The molecular weight excluding hydrogens is 269 g/mol. The predicted octanol–water partition coefficient (Wildman–Crippen LogP) is 1.26. The molecule has 1 unspecified atom stereocenters. The molecule has 0 spiro atoms. The predicted molar refractivity (Wildman–Crippen MR) is 63.5 cm³/mol. The molecule has 0 aromatic carbocycles. The highest BCUT2D eigenvalue weighted by Gasteiger charge is 2.35. The average Bonchev–Trinajstić information content (AvgIpc) is 2.22. The molecule has 0 amide bonds. The second kappa shape index (κ2) is 5.98. The van der Waals surface area contributed by atoms with Crippen molar-refractivity contribution in [1.82, 2.24) is 9.97 Å². The van der Waals surface area contributed by atoms with Crippen molar-refractivity contribution in [3.8, 4) is 0 Å². The van der Waals surface area contributed by atoms with Crippen LogP contribution >= 0.6 is 0 Å². The summed E-state index contributed by atoms with van der Waals surface area (Å²) in [4.78, 5) is 6.43. The molecule has 3 N–H and O–H groups in total. The molecule has 1 atom stereocenters. The average molecular weight is 282 g/mol. The summed E-state index contributed by atoms with van der Waals surface area (Å²) in [5, 5.41) is 2.69. The van der Waals surface area contributed by atoms with E-state index in [4.69, 9.17) is 5.73 Å². The summed E-state index contributed by atoms with van der Waals surface area (Å²) in [6, 6.07) is 1.22. The lowest BCUT2D eigenvalue weighted by Crippen LogP contribution is -2.15. The van der Waals surface area contributed by atoms with E-state index in [2.05, 4.69) is 15.3 Å². The molecule has 18 heavy (non-hydrogen) atoms. The quantitative estimate of drug-likeness (QED) is 0.795. The summed E-state index contributed by atoms with van der Waals surface area (Å²) in [6.45, 7) is 0.368. The number of nitrogen functional groups attached to an aromatic ring is 1. The first kappa shape index (κ1) is 14.7. The summed E-state index contributed by atoms with van der Waals surface area (Å²) in [7, 11) is -0.924. The van der Waals surface area contributed by atoms with Gasteiger partial charge in [-0.25, -0.2) is 9.97 Å². The number of aromatic nitrogens is 2. The van der Waals surface area contributed by atoms with Crippen LogP contribution in [0, 0.1) is 0 Å². The summed E-state index contributed by atoms with van der Waals surface area (Å²) < 4.78 is 48.0. The number of nitrogens with one attached hydrogen (secondary N) is 1. The zero-order chi connectivity index (χ0) is 13.8. The Labute approximate surface area is 104 Å². The number of halogens is 3. The molecule has 0 aliphatic rings. The number of hydrogen-bond acceptors (Lipinski definition) is 5. The van der Waals surface area contributed by atoms with Crippen LogP contribution in [0.4, 0.5) is 24.8 Å². The fourth-order valence-electron chi connectivity index (χ4n) is 1.18. The van der Waals surface area contributed by atoms with Crippen LogP contribution in [0.3, 0.4) is 0 Å². The maximum absolute atomic E-state index is 12.4. The molecule has 0 bridgehead atoms. The lowest BCUT2D eigenvalue weighted by Gasteiger charge is -2.09. The van der Waals surface area contributed by atoms with Gasteiger partial charge in [-0.3, -0.25) is 4.21 Å². The van der Waals surface area contributed by atoms with E-state index in [9.17, 15) is 17.4 Å². The third kappa shape index (κ3) is 4.86. The molecular formula is C9H13F3N4OS. The van der Waals surface area contributed by atoms with Gasteiger partial charge in [-0.05, 0) is 6.42 Å². The van der Waals surface area contributed by atoms with Gasteiger partial charge in [0.05, 0.1) is 0 Å². The number of hydrogen-bond donors (Lipinski definition) is 2. The molecule has 1 rings (SSSR count). The maximum Gasteiger partial charge on any atom is 0.451 e. The first-order chi connectivity index (χ1) is 8.29. The molecule has 0 radical (unpaired) electrons. The minimum Gasteiger partial charge on any atom is -0.384 e. The summed E-state index contributed by atoms with van der Waals surface area (Å²) in [6.07, 6.45) is -2.50. The molecule has 0 saturated heterocycles. The third-order valence-corrected chi connectivity index (χ3v) is 2.78. The summed E-state index contributed by atoms with van der Waals surface area (Å²) in [5.41, 5.74) is 5.27. The normalized spacial score (nSPS) is 13.3. The second-order valence-corrected chi connectivity index (χ2v) is 5.11. The summed E-state index contributed by atoms with van der Waals surface area (Å²) >= 11 is 0. The monoisotopic (exact) mass is 282 g/mol. The lowest BCUT2D eigenvalue weighted by molar-refractivity contribution is -0.144. The summed E-state index contributed by atoms with van der Waals surface area (Å²) in [5.74, 6) is -1.04. The highest BCUT2D eigenvalue weighted by atomic mass is 32.2. The van der Waals surface area contributed by atoms with Crippen molar-refractivity contribution in [2.24, 2.45) is 0 Å². The Hall–Kier alpha value is -1.38. The molecule has 0 aliphatic heterocycles. The Kier molecular flexibility index (Phi) is 4.88. The van der Waals surface area contributed by atoms with Gasteiger partial charge in [0, 0.05) is 35.4 Å². The van der Waals surface area contributed by atoms with Gasteiger partial charge in [0.15, 0.2) is 0 Å². The van der Waals surface area contributed by atoms with E-state index >= 15 is 0 Å². The van der Waals surface area contributed by atoms with Crippen LogP contribution < -0.4 is 11.1 Å². The van der Waals surface area contributed by atoms with Crippen LogP contribution in [0.25, 0.3) is 0 Å². The number of rotatable bonds is 5. The van der Waals surface area contributed by atoms with Crippen LogP contribution in [0.5, 0.6) is 0 Å². The maximum atomic E-state index is 12.4. The molecule has 0 aliphatic carbocycles. The molecule has 0 saturated carbocycles. The number of nitrogens with zero attached hydrogens (tertiary/aromatic N) is 2. The minimum absolute atomic E-state index is 0.0108. The van der Waals surface area contributed by atoms with E-state index in [0.717, 1.165) is 0 Å². The Morgan fingerprint density at radius 3 is 2.67 bits per heavy atom. The van der Waals surface area contributed by atoms with E-state index in [1.807, 2.05) is 0 Å². The van der Waals surface area contributed by atoms with Crippen LogP contribution in [-0.2, 0) is 17.0 Å². The largest absolute Gasteiger partial charge is 0.451 e. The number of alkyl halides is 3. The topological polar surface area (TPSA) is 80.9 Å². The standard InChI is InChI=1S/C9H13F3N4OS/c1-18(17)4-2-3-14-7-5-6(13)15-8(16-7)9(10,11)12/h5H,2-4H2,1H3,(H3,13,14,15,16).